The van der Waals surface area contributed by atoms with Crippen LogP contribution in [-0.4, -0.2) is 27.3 Å². The topological polar surface area (TPSA) is 69.0 Å². The normalized spacial score (nSPS) is 11.3. The fourth-order valence-electron chi connectivity index (χ4n) is 2.85. The second-order valence-electron chi connectivity index (χ2n) is 7.91. The predicted molar refractivity (Wildman–Crippen MR) is 111 cm³/mol. The number of benzene rings is 2. The zero-order chi connectivity index (χ0) is 21.0. The number of ether oxygens (including phenoxy) is 1. The smallest absolute Gasteiger partial charge is 0.336 e. The van der Waals surface area contributed by atoms with Crippen molar-refractivity contribution in [1.82, 2.24) is 14.8 Å². The predicted octanol–water partition coefficient (Wildman–Crippen LogP) is 4.85. The van der Waals surface area contributed by atoms with E-state index in [4.69, 9.17) is 4.74 Å². The van der Waals surface area contributed by atoms with E-state index >= 15 is 0 Å². The van der Waals surface area contributed by atoms with E-state index in [1.807, 2.05) is 39.8 Å². The standard InChI is InChI=1S/C22H25FN4O2/c1-5-29-21-25-20(15-7-6-8-16(23)13-15)27(26-21)18-11-9-17(10-12-18)24-19(28)14-22(2,3)4/h6-13H,5,14H2,1-4H3,(H,24,28). The van der Waals surface area contributed by atoms with Gasteiger partial charge < -0.3 is 10.1 Å². The van der Waals surface area contributed by atoms with Crippen molar-refractivity contribution in [2.24, 2.45) is 5.41 Å². The summed E-state index contributed by atoms with van der Waals surface area (Å²) >= 11 is 0. The molecule has 2 aromatic carbocycles. The van der Waals surface area contributed by atoms with Crippen LogP contribution in [0.2, 0.25) is 0 Å². The zero-order valence-electron chi connectivity index (χ0n) is 17.1. The number of carbonyl (C=O) groups excluding carboxylic acids is 1. The second-order valence-corrected chi connectivity index (χ2v) is 7.91. The first-order valence-corrected chi connectivity index (χ1v) is 9.51. The minimum Gasteiger partial charge on any atom is -0.463 e. The molecule has 1 heterocycles. The summed E-state index contributed by atoms with van der Waals surface area (Å²) in [6.45, 7) is 8.32. The maximum Gasteiger partial charge on any atom is 0.336 e. The molecular weight excluding hydrogens is 371 g/mol. The van der Waals surface area contributed by atoms with Crippen molar-refractivity contribution < 1.29 is 13.9 Å². The summed E-state index contributed by atoms with van der Waals surface area (Å²) in [5.74, 6) is 0.0782. The number of carbonyl (C=O) groups is 1. The highest BCUT2D eigenvalue weighted by Gasteiger charge is 2.17. The van der Waals surface area contributed by atoms with Crippen LogP contribution in [0.5, 0.6) is 6.01 Å². The van der Waals surface area contributed by atoms with Crippen molar-refractivity contribution in [3.63, 3.8) is 0 Å². The van der Waals surface area contributed by atoms with E-state index < -0.39 is 0 Å². The molecule has 1 N–H and O–H groups in total. The lowest BCUT2D eigenvalue weighted by Gasteiger charge is -2.17. The first-order chi connectivity index (χ1) is 13.7. The van der Waals surface area contributed by atoms with Gasteiger partial charge in [0.2, 0.25) is 5.91 Å². The molecule has 0 saturated heterocycles. The molecule has 0 saturated carbocycles. The largest absolute Gasteiger partial charge is 0.463 e. The highest BCUT2D eigenvalue weighted by Crippen LogP contribution is 2.25. The first-order valence-electron chi connectivity index (χ1n) is 9.51. The molecule has 0 radical (unpaired) electrons. The minimum absolute atomic E-state index is 0.0370. The van der Waals surface area contributed by atoms with E-state index in [0.717, 1.165) is 5.69 Å². The van der Waals surface area contributed by atoms with Crippen LogP contribution in [0.3, 0.4) is 0 Å². The molecule has 152 valence electrons. The van der Waals surface area contributed by atoms with Gasteiger partial charge in [0.15, 0.2) is 5.82 Å². The fourth-order valence-corrected chi connectivity index (χ4v) is 2.85. The Morgan fingerprint density at radius 1 is 1.17 bits per heavy atom. The van der Waals surface area contributed by atoms with Gasteiger partial charge in [-0.25, -0.2) is 9.07 Å². The molecule has 0 unspecified atom stereocenters. The van der Waals surface area contributed by atoms with Crippen molar-refractivity contribution in [2.75, 3.05) is 11.9 Å². The molecule has 0 atom stereocenters. The van der Waals surface area contributed by atoms with Crippen LogP contribution < -0.4 is 10.1 Å². The maximum absolute atomic E-state index is 13.7. The van der Waals surface area contributed by atoms with Gasteiger partial charge in [-0.15, -0.1) is 5.10 Å². The molecule has 0 aliphatic heterocycles. The Kier molecular flexibility index (Phi) is 5.96. The van der Waals surface area contributed by atoms with Gasteiger partial charge in [0.25, 0.3) is 0 Å². The maximum atomic E-state index is 13.7. The van der Waals surface area contributed by atoms with E-state index in [-0.39, 0.29) is 23.1 Å². The lowest BCUT2D eigenvalue weighted by Crippen LogP contribution is -2.19. The molecule has 29 heavy (non-hydrogen) atoms. The lowest BCUT2D eigenvalue weighted by atomic mass is 9.92. The molecule has 3 rings (SSSR count). The van der Waals surface area contributed by atoms with E-state index in [0.29, 0.717) is 30.1 Å². The Bertz CT molecular complexity index is 991. The molecule has 0 fully saturated rings. The third kappa shape index (κ3) is 5.40. The molecule has 0 spiro atoms. The Hall–Kier alpha value is -3.22. The van der Waals surface area contributed by atoms with E-state index in [9.17, 15) is 9.18 Å². The Labute approximate surface area is 169 Å². The highest BCUT2D eigenvalue weighted by atomic mass is 19.1. The van der Waals surface area contributed by atoms with Crippen molar-refractivity contribution in [2.45, 2.75) is 34.1 Å². The van der Waals surface area contributed by atoms with Gasteiger partial charge in [-0.1, -0.05) is 32.9 Å². The SMILES string of the molecule is CCOc1nc(-c2cccc(F)c2)n(-c2ccc(NC(=O)CC(C)(C)C)cc2)n1. The molecule has 7 heteroatoms. The molecule has 0 bridgehead atoms. The number of anilines is 1. The van der Waals surface area contributed by atoms with Crippen molar-refractivity contribution in [3.05, 3.63) is 54.3 Å². The summed E-state index contributed by atoms with van der Waals surface area (Å²) < 4.78 is 20.7. The fraction of sp³-hybridized carbons (Fsp3) is 0.318. The van der Waals surface area contributed by atoms with Crippen LogP contribution in [-0.2, 0) is 4.79 Å². The minimum atomic E-state index is -0.355. The summed E-state index contributed by atoms with van der Waals surface area (Å²) in [5.41, 5.74) is 1.92. The number of hydrogen-bond acceptors (Lipinski definition) is 4. The van der Waals surface area contributed by atoms with Crippen LogP contribution >= 0.6 is 0 Å². The van der Waals surface area contributed by atoms with Gasteiger partial charge in [-0.05, 0) is 48.7 Å². The van der Waals surface area contributed by atoms with Crippen LogP contribution in [0.1, 0.15) is 34.1 Å². The molecule has 1 aromatic heterocycles. The third-order valence-corrected chi connectivity index (χ3v) is 4.03. The summed E-state index contributed by atoms with van der Waals surface area (Å²) in [4.78, 5) is 16.5. The number of nitrogens with zero attached hydrogens (tertiary/aromatic N) is 3. The Morgan fingerprint density at radius 3 is 2.52 bits per heavy atom. The number of aromatic nitrogens is 3. The van der Waals surface area contributed by atoms with Crippen molar-refractivity contribution in [3.8, 4) is 23.1 Å². The summed E-state index contributed by atoms with van der Waals surface area (Å²) in [6, 6.07) is 13.6. The number of hydrogen-bond donors (Lipinski definition) is 1. The average Bonchev–Trinajstić information content (AvgIpc) is 3.05. The van der Waals surface area contributed by atoms with Gasteiger partial charge in [-0.2, -0.15) is 4.98 Å². The van der Waals surface area contributed by atoms with Gasteiger partial charge in [0, 0.05) is 17.7 Å². The summed E-state index contributed by atoms with van der Waals surface area (Å²) in [7, 11) is 0. The Morgan fingerprint density at radius 2 is 1.90 bits per heavy atom. The average molecular weight is 396 g/mol. The number of halogens is 1. The van der Waals surface area contributed by atoms with Crippen molar-refractivity contribution >= 4 is 11.6 Å². The monoisotopic (exact) mass is 396 g/mol. The molecule has 3 aromatic rings. The Balaban J connectivity index is 1.89. The third-order valence-electron chi connectivity index (χ3n) is 4.03. The van der Waals surface area contributed by atoms with Crippen LogP contribution in [0.15, 0.2) is 48.5 Å². The number of rotatable bonds is 6. The number of nitrogens with one attached hydrogen (secondary N) is 1. The van der Waals surface area contributed by atoms with Crippen LogP contribution in [0.4, 0.5) is 10.1 Å². The van der Waals surface area contributed by atoms with E-state index in [1.165, 1.54) is 12.1 Å². The zero-order valence-corrected chi connectivity index (χ0v) is 17.1. The first kappa shape index (κ1) is 20.5. The molecular formula is C22H25FN4O2. The van der Waals surface area contributed by atoms with Gasteiger partial charge in [0.05, 0.1) is 12.3 Å². The van der Waals surface area contributed by atoms with Gasteiger partial charge >= 0.3 is 6.01 Å². The van der Waals surface area contributed by atoms with E-state index in [2.05, 4.69) is 15.4 Å². The van der Waals surface area contributed by atoms with Crippen LogP contribution in [0, 0.1) is 11.2 Å². The van der Waals surface area contributed by atoms with E-state index in [1.54, 1.807) is 28.9 Å². The summed E-state index contributed by atoms with van der Waals surface area (Å²) in [5, 5.41) is 7.29. The molecule has 0 aliphatic carbocycles. The van der Waals surface area contributed by atoms with Crippen molar-refractivity contribution in [1.29, 1.82) is 0 Å². The van der Waals surface area contributed by atoms with Gasteiger partial charge in [0.1, 0.15) is 5.82 Å². The quantitative estimate of drug-likeness (QED) is 0.647. The number of amides is 1. The molecule has 6 nitrogen and oxygen atoms in total. The summed E-state index contributed by atoms with van der Waals surface area (Å²) in [6.07, 6.45) is 0.430. The lowest BCUT2D eigenvalue weighted by molar-refractivity contribution is -0.117. The highest BCUT2D eigenvalue weighted by molar-refractivity contribution is 5.91. The molecule has 1 amide bonds. The van der Waals surface area contributed by atoms with Gasteiger partial charge in [-0.3, -0.25) is 4.79 Å². The van der Waals surface area contributed by atoms with Crippen LogP contribution in [0.25, 0.3) is 17.1 Å². The second kappa shape index (κ2) is 8.43. The molecule has 0 aliphatic rings.